The highest BCUT2D eigenvalue weighted by molar-refractivity contribution is 6.06. The van der Waals surface area contributed by atoms with Crippen LogP contribution >= 0.6 is 0 Å². The first-order valence-electron chi connectivity index (χ1n) is 7.81. The highest BCUT2D eigenvalue weighted by atomic mass is 16.2. The summed E-state index contributed by atoms with van der Waals surface area (Å²) in [5.74, 6) is 0.0934. The number of aryl methyl sites for hydroxylation is 1. The van der Waals surface area contributed by atoms with Gasteiger partial charge in [-0.25, -0.2) is 0 Å². The first-order chi connectivity index (χ1) is 11.1. The lowest BCUT2D eigenvalue weighted by atomic mass is 10.1. The lowest BCUT2D eigenvalue weighted by Crippen LogP contribution is -2.27. The predicted molar refractivity (Wildman–Crippen MR) is 91.9 cm³/mol. The van der Waals surface area contributed by atoms with Gasteiger partial charge in [0.1, 0.15) is 0 Å². The Bertz CT molecular complexity index is 737. The fourth-order valence-corrected chi connectivity index (χ4v) is 2.85. The Hall–Kier alpha value is -2.62. The zero-order chi connectivity index (χ0) is 16.4. The van der Waals surface area contributed by atoms with E-state index in [0.717, 1.165) is 29.9 Å². The van der Waals surface area contributed by atoms with E-state index in [2.05, 4.69) is 0 Å². The molecule has 1 saturated heterocycles. The number of hydrogen-bond donors (Lipinski definition) is 0. The van der Waals surface area contributed by atoms with Crippen LogP contribution in [0.4, 0.5) is 11.4 Å². The number of benzene rings is 2. The fraction of sp³-hybridized carbons (Fsp3) is 0.263. The van der Waals surface area contributed by atoms with Gasteiger partial charge in [-0.1, -0.05) is 12.1 Å². The summed E-state index contributed by atoms with van der Waals surface area (Å²) >= 11 is 0. The third-order valence-corrected chi connectivity index (χ3v) is 4.19. The molecule has 1 fully saturated rings. The van der Waals surface area contributed by atoms with Crippen molar-refractivity contribution in [1.82, 2.24) is 0 Å². The van der Waals surface area contributed by atoms with Gasteiger partial charge >= 0.3 is 0 Å². The van der Waals surface area contributed by atoms with Crippen LogP contribution in [0.5, 0.6) is 0 Å². The van der Waals surface area contributed by atoms with Crippen LogP contribution in [0.1, 0.15) is 28.8 Å². The summed E-state index contributed by atoms with van der Waals surface area (Å²) in [4.78, 5) is 27.8. The van der Waals surface area contributed by atoms with Gasteiger partial charge < -0.3 is 9.80 Å². The summed E-state index contributed by atoms with van der Waals surface area (Å²) in [6, 6.07) is 15.1. The Morgan fingerprint density at radius 3 is 2.48 bits per heavy atom. The van der Waals surface area contributed by atoms with Gasteiger partial charge in [0.2, 0.25) is 5.91 Å². The second-order valence-electron chi connectivity index (χ2n) is 5.90. The van der Waals surface area contributed by atoms with E-state index < -0.39 is 0 Å². The van der Waals surface area contributed by atoms with Crippen LogP contribution in [0.2, 0.25) is 0 Å². The van der Waals surface area contributed by atoms with E-state index in [0.29, 0.717) is 12.0 Å². The van der Waals surface area contributed by atoms with Gasteiger partial charge in [0.25, 0.3) is 5.91 Å². The van der Waals surface area contributed by atoms with E-state index in [1.165, 1.54) is 0 Å². The molecule has 23 heavy (non-hydrogen) atoms. The molecule has 0 N–H and O–H groups in total. The van der Waals surface area contributed by atoms with E-state index in [1.807, 2.05) is 43.3 Å². The van der Waals surface area contributed by atoms with Crippen molar-refractivity contribution in [3.63, 3.8) is 0 Å². The highest BCUT2D eigenvalue weighted by Crippen LogP contribution is 2.23. The SMILES string of the molecule is Cc1cccc(N(C)C(=O)c2ccc(N3CCCC3=O)cc2)c1. The standard InChI is InChI=1S/C19H20N2O2/c1-14-5-3-6-17(13-14)20(2)19(23)15-8-10-16(11-9-15)21-12-4-7-18(21)22/h3,5-6,8-11,13H,4,7,12H2,1-2H3. The summed E-state index contributed by atoms with van der Waals surface area (Å²) in [7, 11) is 1.77. The number of carbonyl (C=O) groups excluding carboxylic acids is 2. The van der Waals surface area contributed by atoms with Crippen LogP contribution in [-0.2, 0) is 4.79 Å². The van der Waals surface area contributed by atoms with Crippen LogP contribution in [0, 0.1) is 6.92 Å². The Morgan fingerprint density at radius 2 is 1.87 bits per heavy atom. The third-order valence-electron chi connectivity index (χ3n) is 4.19. The van der Waals surface area contributed by atoms with Crippen LogP contribution < -0.4 is 9.80 Å². The molecule has 0 aliphatic carbocycles. The third kappa shape index (κ3) is 3.11. The van der Waals surface area contributed by atoms with Crippen molar-refractivity contribution >= 4 is 23.2 Å². The average molecular weight is 308 g/mol. The van der Waals surface area contributed by atoms with E-state index in [4.69, 9.17) is 0 Å². The number of anilines is 2. The number of rotatable bonds is 3. The van der Waals surface area contributed by atoms with Gasteiger partial charge in [0.15, 0.2) is 0 Å². The molecule has 4 nitrogen and oxygen atoms in total. The Labute approximate surface area is 136 Å². The second-order valence-corrected chi connectivity index (χ2v) is 5.90. The van der Waals surface area contributed by atoms with Crippen molar-refractivity contribution in [2.75, 3.05) is 23.4 Å². The quantitative estimate of drug-likeness (QED) is 0.872. The first-order valence-corrected chi connectivity index (χ1v) is 7.81. The predicted octanol–water partition coefficient (Wildman–Crippen LogP) is 3.40. The van der Waals surface area contributed by atoms with E-state index in [9.17, 15) is 9.59 Å². The summed E-state index contributed by atoms with van der Waals surface area (Å²) < 4.78 is 0. The maximum absolute atomic E-state index is 12.6. The van der Waals surface area contributed by atoms with Crippen molar-refractivity contribution in [2.24, 2.45) is 0 Å². The van der Waals surface area contributed by atoms with Crippen molar-refractivity contribution in [1.29, 1.82) is 0 Å². The molecular weight excluding hydrogens is 288 g/mol. The summed E-state index contributed by atoms with van der Waals surface area (Å²) in [6.07, 6.45) is 1.51. The van der Waals surface area contributed by atoms with Crippen LogP contribution in [0.3, 0.4) is 0 Å². The van der Waals surface area contributed by atoms with E-state index in [-0.39, 0.29) is 11.8 Å². The molecule has 1 aliphatic heterocycles. The number of nitrogens with zero attached hydrogens (tertiary/aromatic N) is 2. The van der Waals surface area contributed by atoms with Gasteiger partial charge in [0.05, 0.1) is 0 Å². The number of hydrogen-bond acceptors (Lipinski definition) is 2. The maximum Gasteiger partial charge on any atom is 0.258 e. The van der Waals surface area contributed by atoms with Crippen molar-refractivity contribution < 1.29 is 9.59 Å². The first kappa shape index (κ1) is 15.3. The van der Waals surface area contributed by atoms with Crippen molar-refractivity contribution in [2.45, 2.75) is 19.8 Å². The minimum absolute atomic E-state index is 0.0603. The van der Waals surface area contributed by atoms with Gasteiger partial charge in [0, 0.05) is 37.0 Å². The van der Waals surface area contributed by atoms with Gasteiger partial charge in [-0.2, -0.15) is 0 Å². The number of carbonyl (C=O) groups is 2. The van der Waals surface area contributed by atoms with Crippen LogP contribution in [-0.4, -0.2) is 25.4 Å². The Kier molecular flexibility index (Phi) is 4.15. The molecule has 2 aromatic rings. The highest BCUT2D eigenvalue weighted by Gasteiger charge is 2.22. The molecule has 118 valence electrons. The largest absolute Gasteiger partial charge is 0.312 e. The molecule has 0 unspecified atom stereocenters. The lowest BCUT2D eigenvalue weighted by molar-refractivity contribution is -0.117. The molecule has 1 aliphatic rings. The second kappa shape index (κ2) is 6.24. The smallest absolute Gasteiger partial charge is 0.258 e. The lowest BCUT2D eigenvalue weighted by Gasteiger charge is -2.19. The van der Waals surface area contributed by atoms with Crippen molar-refractivity contribution in [3.05, 3.63) is 59.7 Å². The molecule has 3 rings (SSSR count). The molecule has 0 atom stereocenters. The van der Waals surface area contributed by atoms with Gasteiger partial charge in [-0.15, -0.1) is 0 Å². The molecule has 0 aromatic heterocycles. The summed E-state index contributed by atoms with van der Waals surface area (Å²) in [5.41, 5.74) is 3.46. The minimum Gasteiger partial charge on any atom is -0.312 e. The Balaban J connectivity index is 1.78. The molecule has 0 spiro atoms. The zero-order valence-electron chi connectivity index (χ0n) is 13.5. The molecule has 1 heterocycles. The normalized spacial score (nSPS) is 14.2. The topological polar surface area (TPSA) is 40.6 Å². The average Bonchev–Trinajstić information content (AvgIpc) is 3.00. The summed E-state index contributed by atoms with van der Waals surface area (Å²) in [6.45, 7) is 2.76. The molecular formula is C19H20N2O2. The molecule has 2 amide bonds. The minimum atomic E-state index is -0.0603. The molecule has 4 heteroatoms. The monoisotopic (exact) mass is 308 g/mol. The van der Waals surface area contributed by atoms with Gasteiger partial charge in [-0.3, -0.25) is 9.59 Å². The van der Waals surface area contributed by atoms with E-state index in [1.54, 1.807) is 29.0 Å². The molecule has 0 saturated carbocycles. The Morgan fingerprint density at radius 1 is 1.13 bits per heavy atom. The maximum atomic E-state index is 12.6. The van der Waals surface area contributed by atoms with Crippen LogP contribution in [0.15, 0.2) is 48.5 Å². The van der Waals surface area contributed by atoms with Gasteiger partial charge in [-0.05, 0) is 55.3 Å². The fourth-order valence-electron chi connectivity index (χ4n) is 2.85. The number of amides is 2. The van der Waals surface area contributed by atoms with E-state index >= 15 is 0 Å². The zero-order valence-corrected chi connectivity index (χ0v) is 13.5. The van der Waals surface area contributed by atoms with Crippen molar-refractivity contribution in [3.8, 4) is 0 Å². The molecule has 0 radical (unpaired) electrons. The molecule has 2 aromatic carbocycles. The van der Waals surface area contributed by atoms with Crippen LogP contribution in [0.25, 0.3) is 0 Å². The summed E-state index contributed by atoms with van der Waals surface area (Å²) in [5, 5.41) is 0. The molecule has 0 bridgehead atoms.